The fourth-order valence-electron chi connectivity index (χ4n) is 2.92. The summed E-state index contributed by atoms with van der Waals surface area (Å²) in [6.45, 7) is 1.61. The van der Waals surface area contributed by atoms with Crippen LogP contribution in [-0.2, 0) is 0 Å². The highest BCUT2D eigenvalue weighted by atomic mass is 19.1. The topological polar surface area (TPSA) is 54.5 Å². The summed E-state index contributed by atoms with van der Waals surface area (Å²) >= 11 is 0. The molecule has 126 valence electrons. The second-order valence-corrected chi connectivity index (χ2v) is 5.80. The molecule has 0 bridgehead atoms. The quantitative estimate of drug-likeness (QED) is 0.937. The first-order chi connectivity index (χ1) is 11.7. The van der Waals surface area contributed by atoms with Gasteiger partial charge in [0.25, 0.3) is 5.91 Å². The molecule has 1 aliphatic heterocycles. The van der Waals surface area contributed by atoms with Gasteiger partial charge >= 0.3 is 0 Å². The molecule has 1 unspecified atom stereocenters. The molecule has 1 amide bonds. The lowest BCUT2D eigenvalue weighted by atomic mass is 10.0. The molecule has 1 aliphatic rings. The second kappa shape index (κ2) is 7.29. The van der Waals surface area contributed by atoms with Gasteiger partial charge in [-0.25, -0.2) is 9.37 Å². The smallest absolute Gasteiger partial charge is 0.251 e. The van der Waals surface area contributed by atoms with E-state index in [2.05, 4.69) is 15.2 Å². The summed E-state index contributed by atoms with van der Waals surface area (Å²) in [4.78, 5) is 18.9. The molecule has 1 aromatic heterocycles. The molecule has 2 heterocycles. The van der Waals surface area contributed by atoms with Gasteiger partial charge < -0.3 is 15.0 Å². The minimum absolute atomic E-state index is 0.0124. The predicted molar refractivity (Wildman–Crippen MR) is 89.9 cm³/mol. The molecule has 2 aromatic rings. The number of amides is 1. The molecule has 3 rings (SSSR count). The van der Waals surface area contributed by atoms with Crippen molar-refractivity contribution < 1.29 is 13.9 Å². The molecule has 5 nitrogen and oxygen atoms in total. The van der Waals surface area contributed by atoms with Gasteiger partial charge in [-0.05, 0) is 43.2 Å². The lowest BCUT2D eigenvalue weighted by molar-refractivity contribution is 0.0932. The molecule has 6 heteroatoms. The van der Waals surface area contributed by atoms with Crippen molar-refractivity contribution in [2.24, 2.45) is 0 Å². The van der Waals surface area contributed by atoms with Crippen molar-refractivity contribution in [1.82, 2.24) is 10.3 Å². The van der Waals surface area contributed by atoms with E-state index in [4.69, 9.17) is 4.74 Å². The van der Waals surface area contributed by atoms with Crippen molar-refractivity contribution in [3.63, 3.8) is 0 Å². The number of nitrogens with zero attached hydrogens (tertiary/aromatic N) is 2. The summed E-state index contributed by atoms with van der Waals surface area (Å²) in [5, 5.41) is 2.98. The SMILES string of the molecule is COc1ccc(C(=O)NC2CCCN(c3ccccn3)C2)cc1F. The highest BCUT2D eigenvalue weighted by Crippen LogP contribution is 2.19. The number of carbonyl (C=O) groups is 1. The number of ether oxygens (including phenoxy) is 1. The summed E-state index contributed by atoms with van der Waals surface area (Å²) in [5.41, 5.74) is 0.295. The first kappa shape index (κ1) is 16.2. The van der Waals surface area contributed by atoms with E-state index in [9.17, 15) is 9.18 Å². The van der Waals surface area contributed by atoms with E-state index in [1.807, 2.05) is 18.2 Å². The van der Waals surface area contributed by atoms with Gasteiger partial charge in [0.15, 0.2) is 11.6 Å². The molecule has 1 saturated heterocycles. The first-order valence-corrected chi connectivity index (χ1v) is 7.98. The Kier molecular flexibility index (Phi) is 4.93. The van der Waals surface area contributed by atoms with Crippen LogP contribution in [0.5, 0.6) is 5.75 Å². The number of hydrogen-bond donors (Lipinski definition) is 1. The number of carbonyl (C=O) groups excluding carboxylic acids is 1. The lowest BCUT2D eigenvalue weighted by Crippen LogP contribution is -2.48. The number of pyridine rings is 1. The number of hydrogen-bond acceptors (Lipinski definition) is 4. The van der Waals surface area contributed by atoms with Crippen LogP contribution < -0.4 is 15.0 Å². The third kappa shape index (κ3) is 3.64. The van der Waals surface area contributed by atoms with Gasteiger partial charge in [-0.3, -0.25) is 4.79 Å². The van der Waals surface area contributed by atoms with Crippen molar-refractivity contribution in [2.75, 3.05) is 25.1 Å². The van der Waals surface area contributed by atoms with Gasteiger partial charge in [-0.1, -0.05) is 6.07 Å². The van der Waals surface area contributed by atoms with Crippen molar-refractivity contribution in [3.8, 4) is 5.75 Å². The van der Waals surface area contributed by atoms with Gasteiger partial charge in [0.1, 0.15) is 5.82 Å². The second-order valence-electron chi connectivity index (χ2n) is 5.80. The van der Waals surface area contributed by atoms with E-state index in [0.29, 0.717) is 12.1 Å². The van der Waals surface area contributed by atoms with Gasteiger partial charge in [-0.2, -0.15) is 0 Å². The number of nitrogens with one attached hydrogen (secondary N) is 1. The average Bonchev–Trinajstić information content (AvgIpc) is 2.62. The minimum Gasteiger partial charge on any atom is -0.494 e. The highest BCUT2D eigenvalue weighted by Gasteiger charge is 2.23. The van der Waals surface area contributed by atoms with Gasteiger partial charge in [0, 0.05) is 30.9 Å². The number of piperidine rings is 1. The molecule has 0 radical (unpaired) electrons. The molecule has 0 aliphatic carbocycles. The Bertz CT molecular complexity index is 709. The highest BCUT2D eigenvalue weighted by molar-refractivity contribution is 5.94. The number of rotatable bonds is 4. The number of aromatic nitrogens is 1. The molecule has 24 heavy (non-hydrogen) atoms. The van der Waals surface area contributed by atoms with E-state index in [0.717, 1.165) is 25.2 Å². The van der Waals surface area contributed by atoms with Crippen LogP contribution in [0.2, 0.25) is 0 Å². The molecular weight excluding hydrogens is 309 g/mol. The molecule has 1 atom stereocenters. The van der Waals surface area contributed by atoms with Crippen LogP contribution in [0.4, 0.5) is 10.2 Å². The Morgan fingerprint density at radius 3 is 2.96 bits per heavy atom. The maximum Gasteiger partial charge on any atom is 0.251 e. The Hall–Kier alpha value is -2.63. The van der Waals surface area contributed by atoms with E-state index in [-0.39, 0.29) is 17.7 Å². The normalized spacial score (nSPS) is 17.4. The maximum absolute atomic E-state index is 13.8. The van der Waals surface area contributed by atoms with Gasteiger partial charge in [0.2, 0.25) is 0 Å². The third-order valence-electron chi connectivity index (χ3n) is 4.14. The van der Waals surface area contributed by atoms with Crippen LogP contribution in [0.25, 0.3) is 0 Å². The monoisotopic (exact) mass is 329 g/mol. The fraction of sp³-hybridized carbons (Fsp3) is 0.333. The van der Waals surface area contributed by atoms with Crippen LogP contribution in [0, 0.1) is 5.82 Å². The van der Waals surface area contributed by atoms with Crippen molar-refractivity contribution in [1.29, 1.82) is 0 Å². The van der Waals surface area contributed by atoms with Gasteiger partial charge in [0.05, 0.1) is 7.11 Å². The zero-order valence-corrected chi connectivity index (χ0v) is 13.5. The Morgan fingerprint density at radius 1 is 1.38 bits per heavy atom. The first-order valence-electron chi connectivity index (χ1n) is 7.98. The average molecular weight is 329 g/mol. The summed E-state index contributed by atoms with van der Waals surface area (Å²) in [6, 6.07) is 10.0. The Labute approximate surface area is 140 Å². The number of halogens is 1. The number of methoxy groups -OCH3 is 1. The molecular formula is C18H20FN3O2. The van der Waals surface area contributed by atoms with E-state index >= 15 is 0 Å². The summed E-state index contributed by atoms with van der Waals surface area (Å²) in [5.74, 6) is 0.228. The lowest BCUT2D eigenvalue weighted by Gasteiger charge is -2.34. The maximum atomic E-state index is 13.8. The van der Waals surface area contributed by atoms with Crippen LogP contribution in [0.15, 0.2) is 42.6 Å². The molecule has 1 N–H and O–H groups in total. The molecule has 0 saturated carbocycles. The number of benzene rings is 1. The summed E-state index contributed by atoms with van der Waals surface area (Å²) in [6.07, 6.45) is 3.63. The largest absolute Gasteiger partial charge is 0.494 e. The van der Waals surface area contributed by atoms with E-state index in [1.165, 1.54) is 19.2 Å². The minimum atomic E-state index is -0.538. The van der Waals surface area contributed by atoms with Crippen LogP contribution in [0.1, 0.15) is 23.2 Å². The van der Waals surface area contributed by atoms with Crippen LogP contribution >= 0.6 is 0 Å². The van der Waals surface area contributed by atoms with Gasteiger partial charge in [-0.15, -0.1) is 0 Å². The summed E-state index contributed by atoms with van der Waals surface area (Å²) in [7, 11) is 1.40. The Balaban J connectivity index is 1.65. The van der Waals surface area contributed by atoms with Crippen molar-refractivity contribution in [3.05, 3.63) is 54.0 Å². The Morgan fingerprint density at radius 2 is 2.25 bits per heavy atom. The third-order valence-corrected chi connectivity index (χ3v) is 4.14. The van der Waals surface area contributed by atoms with Crippen LogP contribution in [0.3, 0.4) is 0 Å². The standard InChI is InChI=1S/C18H20FN3O2/c1-24-16-8-7-13(11-15(16)19)18(23)21-14-5-4-10-22(12-14)17-6-2-3-9-20-17/h2-3,6-9,11,14H,4-5,10,12H2,1H3,(H,21,23). The predicted octanol–water partition coefficient (Wildman–Crippen LogP) is 2.63. The van der Waals surface area contributed by atoms with E-state index < -0.39 is 5.82 Å². The molecule has 1 fully saturated rings. The van der Waals surface area contributed by atoms with E-state index in [1.54, 1.807) is 12.3 Å². The zero-order chi connectivity index (χ0) is 16.9. The summed E-state index contributed by atoms with van der Waals surface area (Å²) < 4.78 is 18.6. The van der Waals surface area contributed by atoms with Crippen molar-refractivity contribution in [2.45, 2.75) is 18.9 Å². The van der Waals surface area contributed by atoms with Crippen LogP contribution in [-0.4, -0.2) is 37.1 Å². The van der Waals surface area contributed by atoms with Crippen molar-refractivity contribution >= 4 is 11.7 Å². The fourth-order valence-corrected chi connectivity index (χ4v) is 2.92. The zero-order valence-electron chi connectivity index (χ0n) is 13.5. The molecule has 0 spiro atoms. The molecule has 1 aromatic carbocycles. The number of anilines is 1.